The summed E-state index contributed by atoms with van der Waals surface area (Å²) in [5, 5.41) is 6.27. The van der Waals surface area contributed by atoms with E-state index < -0.39 is 0 Å². The van der Waals surface area contributed by atoms with E-state index in [0.717, 1.165) is 37.2 Å². The third-order valence-corrected chi connectivity index (χ3v) is 5.39. The molecule has 0 bridgehead atoms. The van der Waals surface area contributed by atoms with Crippen molar-refractivity contribution in [3.8, 4) is 5.75 Å². The molecule has 2 heterocycles. The maximum Gasteiger partial charge on any atom is 0.410 e. The number of likely N-dealkylation sites (tertiary alicyclic amines) is 1. The van der Waals surface area contributed by atoms with Crippen LogP contribution in [-0.4, -0.2) is 55.2 Å². The van der Waals surface area contributed by atoms with Crippen molar-refractivity contribution < 1.29 is 19.1 Å². The number of benzene rings is 2. The zero-order valence-electron chi connectivity index (χ0n) is 16.9. The van der Waals surface area contributed by atoms with Crippen molar-refractivity contribution in [1.82, 2.24) is 15.5 Å². The van der Waals surface area contributed by atoms with Gasteiger partial charge in [-0.15, -0.1) is 0 Å². The van der Waals surface area contributed by atoms with E-state index in [4.69, 9.17) is 9.47 Å². The minimum absolute atomic E-state index is 0.0626. The van der Waals surface area contributed by atoms with Gasteiger partial charge in [0.15, 0.2) is 0 Å². The van der Waals surface area contributed by atoms with Crippen LogP contribution in [0.15, 0.2) is 54.6 Å². The monoisotopic (exact) mass is 409 g/mol. The molecule has 2 fully saturated rings. The molecule has 2 N–H and O–H groups in total. The second-order valence-corrected chi connectivity index (χ2v) is 7.71. The van der Waals surface area contributed by atoms with Crippen LogP contribution < -0.4 is 15.4 Å². The van der Waals surface area contributed by atoms with E-state index in [0.29, 0.717) is 18.7 Å². The normalized spacial score (nSPS) is 17.1. The molecule has 0 spiro atoms. The van der Waals surface area contributed by atoms with Gasteiger partial charge in [-0.3, -0.25) is 4.79 Å². The summed E-state index contributed by atoms with van der Waals surface area (Å²) in [5.74, 6) is 0.639. The largest absolute Gasteiger partial charge is 0.490 e. The fraction of sp³-hybridized carbons (Fsp3) is 0.391. The molecule has 0 aromatic heterocycles. The van der Waals surface area contributed by atoms with Gasteiger partial charge in [0.2, 0.25) is 0 Å². The number of hydrogen-bond acceptors (Lipinski definition) is 5. The van der Waals surface area contributed by atoms with Gasteiger partial charge in [0.1, 0.15) is 18.5 Å². The lowest BCUT2D eigenvalue weighted by Gasteiger charge is -2.38. The van der Waals surface area contributed by atoms with Crippen molar-refractivity contribution in [2.24, 2.45) is 0 Å². The topological polar surface area (TPSA) is 79.9 Å². The molecule has 2 aliphatic rings. The van der Waals surface area contributed by atoms with E-state index in [1.165, 1.54) is 0 Å². The van der Waals surface area contributed by atoms with Crippen LogP contribution in [0.3, 0.4) is 0 Å². The molecule has 4 rings (SSSR count). The van der Waals surface area contributed by atoms with Crippen LogP contribution in [0.2, 0.25) is 0 Å². The first-order chi connectivity index (χ1) is 14.7. The summed E-state index contributed by atoms with van der Waals surface area (Å²) in [5.41, 5.74) is 1.53. The van der Waals surface area contributed by atoms with Gasteiger partial charge in [-0.1, -0.05) is 30.3 Å². The average molecular weight is 409 g/mol. The van der Waals surface area contributed by atoms with Gasteiger partial charge in [0, 0.05) is 18.7 Å². The zero-order chi connectivity index (χ0) is 20.8. The number of amides is 2. The van der Waals surface area contributed by atoms with E-state index in [1.54, 1.807) is 17.0 Å². The van der Waals surface area contributed by atoms with Gasteiger partial charge in [0.05, 0.1) is 6.04 Å². The molecule has 2 aromatic rings. The van der Waals surface area contributed by atoms with Gasteiger partial charge < -0.3 is 25.0 Å². The summed E-state index contributed by atoms with van der Waals surface area (Å²) in [7, 11) is 0. The maximum absolute atomic E-state index is 12.4. The Morgan fingerprint density at radius 3 is 2.40 bits per heavy atom. The Hall–Kier alpha value is -3.06. The maximum atomic E-state index is 12.4. The van der Waals surface area contributed by atoms with Gasteiger partial charge >= 0.3 is 6.09 Å². The second kappa shape index (κ2) is 9.63. The Balaban J connectivity index is 1.18. The Kier molecular flexibility index (Phi) is 6.49. The highest BCUT2D eigenvalue weighted by molar-refractivity contribution is 5.94. The number of nitrogens with one attached hydrogen (secondary N) is 2. The molecule has 158 valence electrons. The molecule has 0 radical (unpaired) electrons. The summed E-state index contributed by atoms with van der Waals surface area (Å²) < 4.78 is 11.3. The van der Waals surface area contributed by atoms with Crippen molar-refractivity contribution in [3.05, 3.63) is 65.7 Å². The van der Waals surface area contributed by atoms with Gasteiger partial charge in [0.25, 0.3) is 5.91 Å². The number of nitrogens with zero attached hydrogens (tertiary/aromatic N) is 1. The molecular formula is C23H27N3O4. The number of carbonyl (C=O) groups excluding carboxylic acids is 2. The minimum atomic E-state index is -0.358. The van der Waals surface area contributed by atoms with Crippen LogP contribution in [0.1, 0.15) is 28.8 Å². The summed E-state index contributed by atoms with van der Waals surface area (Å²) in [4.78, 5) is 26.1. The zero-order valence-corrected chi connectivity index (χ0v) is 16.9. The summed E-state index contributed by atoms with van der Waals surface area (Å²) >= 11 is 0. The minimum Gasteiger partial charge on any atom is -0.490 e. The number of ether oxygens (including phenoxy) is 2. The second-order valence-electron chi connectivity index (χ2n) is 7.71. The van der Waals surface area contributed by atoms with Crippen LogP contribution in [0.4, 0.5) is 4.79 Å². The first-order valence-electron chi connectivity index (χ1n) is 10.4. The molecule has 2 amide bonds. The highest BCUT2D eigenvalue weighted by atomic mass is 16.6. The molecular weight excluding hydrogens is 382 g/mol. The van der Waals surface area contributed by atoms with Crippen molar-refractivity contribution in [2.75, 3.05) is 26.2 Å². The van der Waals surface area contributed by atoms with Crippen molar-refractivity contribution >= 4 is 12.0 Å². The summed E-state index contributed by atoms with van der Waals surface area (Å²) in [6, 6.07) is 16.7. The molecule has 0 aliphatic carbocycles. The predicted molar refractivity (Wildman–Crippen MR) is 112 cm³/mol. The van der Waals surface area contributed by atoms with Crippen LogP contribution in [0, 0.1) is 0 Å². The standard InChI is InChI=1S/C23H27N3O4/c27-22(18-6-8-20(9-7-18)30-21-10-12-24-13-11-21)25-19-14-26(15-19)23(28)29-16-17-4-2-1-3-5-17/h1-9,19,21,24H,10-16H2,(H,25,27). The predicted octanol–water partition coefficient (Wildman–Crippen LogP) is 2.57. The van der Waals surface area contributed by atoms with Crippen molar-refractivity contribution in [3.63, 3.8) is 0 Å². The van der Waals surface area contributed by atoms with Crippen molar-refractivity contribution in [2.45, 2.75) is 31.6 Å². The van der Waals surface area contributed by atoms with E-state index in [-0.39, 0.29) is 30.8 Å². The first-order valence-corrected chi connectivity index (χ1v) is 10.4. The fourth-order valence-electron chi connectivity index (χ4n) is 3.59. The molecule has 2 saturated heterocycles. The van der Waals surface area contributed by atoms with Crippen LogP contribution in [0.25, 0.3) is 0 Å². The number of rotatable bonds is 6. The van der Waals surface area contributed by atoms with Crippen LogP contribution >= 0.6 is 0 Å². The molecule has 7 heteroatoms. The summed E-state index contributed by atoms with van der Waals surface area (Å²) in [6.07, 6.45) is 1.86. The lowest BCUT2D eigenvalue weighted by molar-refractivity contribution is 0.0561. The highest BCUT2D eigenvalue weighted by Gasteiger charge is 2.33. The average Bonchev–Trinajstić information content (AvgIpc) is 2.76. The lowest BCUT2D eigenvalue weighted by atomic mass is 10.1. The van der Waals surface area contributed by atoms with E-state index in [1.807, 2.05) is 42.5 Å². The third-order valence-electron chi connectivity index (χ3n) is 5.39. The van der Waals surface area contributed by atoms with E-state index in [2.05, 4.69) is 10.6 Å². The van der Waals surface area contributed by atoms with Crippen LogP contribution in [-0.2, 0) is 11.3 Å². The first kappa shape index (κ1) is 20.2. The van der Waals surface area contributed by atoms with Crippen molar-refractivity contribution in [1.29, 1.82) is 0 Å². The van der Waals surface area contributed by atoms with Gasteiger partial charge in [-0.2, -0.15) is 0 Å². The Morgan fingerprint density at radius 2 is 1.70 bits per heavy atom. The number of carbonyl (C=O) groups is 2. The quantitative estimate of drug-likeness (QED) is 0.767. The van der Waals surface area contributed by atoms with E-state index in [9.17, 15) is 9.59 Å². The highest BCUT2D eigenvalue weighted by Crippen LogP contribution is 2.18. The Labute approximate surface area is 176 Å². The third kappa shape index (κ3) is 5.30. The lowest BCUT2D eigenvalue weighted by Crippen LogP contribution is -2.61. The molecule has 2 aliphatic heterocycles. The molecule has 0 atom stereocenters. The molecule has 30 heavy (non-hydrogen) atoms. The molecule has 7 nitrogen and oxygen atoms in total. The van der Waals surface area contributed by atoms with Crippen LogP contribution in [0.5, 0.6) is 5.75 Å². The van der Waals surface area contributed by atoms with Gasteiger partial charge in [-0.25, -0.2) is 4.79 Å². The van der Waals surface area contributed by atoms with Gasteiger partial charge in [-0.05, 0) is 55.8 Å². The molecule has 0 unspecified atom stereocenters. The fourth-order valence-corrected chi connectivity index (χ4v) is 3.59. The smallest absolute Gasteiger partial charge is 0.410 e. The number of piperidine rings is 1. The molecule has 2 aromatic carbocycles. The SMILES string of the molecule is O=C(NC1CN(C(=O)OCc2ccccc2)C1)c1ccc(OC2CCNCC2)cc1. The Bertz CT molecular complexity index is 845. The summed E-state index contributed by atoms with van der Waals surface area (Å²) in [6.45, 7) is 3.11. The Morgan fingerprint density at radius 1 is 1.00 bits per heavy atom. The number of hydrogen-bond donors (Lipinski definition) is 2. The van der Waals surface area contributed by atoms with E-state index >= 15 is 0 Å². The molecule has 0 saturated carbocycles.